The Morgan fingerprint density at radius 3 is 2.71 bits per heavy atom. The van der Waals surface area contributed by atoms with E-state index >= 15 is 0 Å². The van der Waals surface area contributed by atoms with Gasteiger partial charge in [0.25, 0.3) is 5.56 Å². The lowest BCUT2D eigenvalue weighted by Crippen LogP contribution is -2.32. The predicted molar refractivity (Wildman–Crippen MR) is 104 cm³/mol. The summed E-state index contributed by atoms with van der Waals surface area (Å²) in [7, 11) is 0. The molecule has 1 atom stereocenters. The summed E-state index contributed by atoms with van der Waals surface area (Å²) in [5.74, 6) is -0.536. The van der Waals surface area contributed by atoms with Crippen LogP contribution in [0.5, 0.6) is 5.75 Å². The number of hydrogen-bond donors (Lipinski definition) is 1. The second-order valence-electron chi connectivity index (χ2n) is 7.75. The molecule has 28 heavy (non-hydrogen) atoms. The van der Waals surface area contributed by atoms with E-state index in [0.717, 1.165) is 18.2 Å². The minimum absolute atomic E-state index is 0.00173. The highest BCUT2D eigenvalue weighted by Gasteiger charge is 2.38. The molecule has 1 N–H and O–H groups in total. The van der Waals surface area contributed by atoms with E-state index in [1.165, 1.54) is 6.07 Å². The lowest BCUT2D eigenvalue weighted by molar-refractivity contribution is 0.0693. The zero-order valence-electron chi connectivity index (χ0n) is 15.4. The van der Waals surface area contributed by atoms with E-state index < -0.39 is 11.5 Å². The van der Waals surface area contributed by atoms with Gasteiger partial charge in [-0.3, -0.25) is 4.79 Å². The molecular weight excluding hydrogens is 382 g/mol. The van der Waals surface area contributed by atoms with Crippen LogP contribution >= 0.6 is 11.6 Å². The van der Waals surface area contributed by atoms with E-state index in [0.29, 0.717) is 33.2 Å². The van der Waals surface area contributed by atoms with Crippen LogP contribution in [0.2, 0.25) is 5.02 Å². The largest absolute Gasteiger partial charge is 0.484 e. The van der Waals surface area contributed by atoms with Crippen molar-refractivity contribution in [2.24, 2.45) is 5.92 Å². The van der Waals surface area contributed by atoms with E-state index in [-0.39, 0.29) is 23.6 Å². The lowest BCUT2D eigenvalue weighted by atomic mass is 9.89. The standard InChI is InChI=1S/C21H18ClNO5/c1-9(2)17-12-7-14(21(25)26)20(24)23(10-3-4-10)16(12)13-8-15(22)19-11(5-6-27-19)18(13)28-17/h5-10,17H,3-4H2,1-2H3,(H,25,26)/t17-/m0/s1. The fourth-order valence-corrected chi connectivity index (χ4v) is 4.31. The van der Waals surface area contributed by atoms with Crippen LogP contribution in [-0.2, 0) is 0 Å². The number of hydrogen-bond acceptors (Lipinski definition) is 4. The van der Waals surface area contributed by atoms with Crippen LogP contribution in [-0.4, -0.2) is 15.6 Å². The minimum atomic E-state index is -1.22. The number of halogens is 1. The number of rotatable bonds is 3. The number of carboxylic acid groups (broad SMARTS) is 1. The fourth-order valence-electron chi connectivity index (χ4n) is 4.06. The molecule has 1 saturated carbocycles. The van der Waals surface area contributed by atoms with Crippen LogP contribution < -0.4 is 10.3 Å². The molecule has 3 heterocycles. The molecule has 0 amide bonds. The van der Waals surface area contributed by atoms with Crippen molar-refractivity contribution in [3.63, 3.8) is 0 Å². The third-order valence-electron chi connectivity index (χ3n) is 5.46. The van der Waals surface area contributed by atoms with Crippen molar-refractivity contribution in [3.05, 3.63) is 51.0 Å². The van der Waals surface area contributed by atoms with Crippen LogP contribution in [0.4, 0.5) is 0 Å². The molecule has 0 saturated heterocycles. The first kappa shape index (κ1) is 17.4. The molecule has 7 heteroatoms. The highest BCUT2D eigenvalue weighted by Crippen LogP contribution is 2.51. The number of nitrogens with zero attached hydrogens (tertiary/aromatic N) is 1. The van der Waals surface area contributed by atoms with Crippen LogP contribution in [0, 0.1) is 5.92 Å². The van der Waals surface area contributed by atoms with Crippen molar-refractivity contribution < 1.29 is 19.1 Å². The van der Waals surface area contributed by atoms with E-state index in [9.17, 15) is 14.7 Å². The molecule has 0 radical (unpaired) electrons. The quantitative estimate of drug-likeness (QED) is 0.667. The second kappa shape index (κ2) is 5.88. The first-order valence-corrected chi connectivity index (χ1v) is 9.65. The zero-order chi connectivity index (χ0) is 19.7. The smallest absolute Gasteiger partial charge is 0.341 e. The molecule has 0 unspecified atom stereocenters. The normalized spacial score (nSPS) is 18.1. The molecule has 1 aromatic carbocycles. The van der Waals surface area contributed by atoms with Crippen molar-refractivity contribution in [2.75, 3.05) is 0 Å². The second-order valence-corrected chi connectivity index (χ2v) is 8.16. The first-order valence-electron chi connectivity index (χ1n) is 9.28. The number of ether oxygens (including phenoxy) is 1. The molecule has 1 fully saturated rings. The summed E-state index contributed by atoms with van der Waals surface area (Å²) in [6.07, 6.45) is 2.87. The summed E-state index contributed by atoms with van der Waals surface area (Å²) in [6, 6.07) is 5.02. The van der Waals surface area contributed by atoms with Gasteiger partial charge in [-0.15, -0.1) is 0 Å². The average molecular weight is 400 g/mol. The van der Waals surface area contributed by atoms with Crippen LogP contribution in [0.25, 0.3) is 22.2 Å². The van der Waals surface area contributed by atoms with Gasteiger partial charge in [0.1, 0.15) is 17.4 Å². The van der Waals surface area contributed by atoms with Gasteiger partial charge >= 0.3 is 5.97 Å². The SMILES string of the molecule is CC(C)[C@@H]1Oc2c(cc(Cl)c3occc23)-c2c1cc(C(=O)O)c(=O)n2C1CC1. The van der Waals surface area contributed by atoms with E-state index in [1.54, 1.807) is 23.0 Å². The van der Waals surface area contributed by atoms with Gasteiger partial charge in [-0.2, -0.15) is 0 Å². The number of carboxylic acids is 1. The topological polar surface area (TPSA) is 81.7 Å². The summed E-state index contributed by atoms with van der Waals surface area (Å²) < 4.78 is 13.5. The highest BCUT2D eigenvalue weighted by molar-refractivity contribution is 6.35. The monoisotopic (exact) mass is 399 g/mol. The molecule has 1 aliphatic carbocycles. The first-order chi connectivity index (χ1) is 13.4. The zero-order valence-corrected chi connectivity index (χ0v) is 16.1. The molecular formula is C21H18ClNO5. The summed E-state index contributed by atoms with van der Waals surface area (Å²) in [5, 5.41) is 10.8. The number of carbonyl (C=O) groups is 1. The van der Waals surface area contributed by atoms with E-state index in [1.807, 2.05) is 13.8 Å². The third-order valence-corrected chi connectivity index (χ3v) is 5.74. The molecule has 6 nitrogen and oxygen atoms in total. The van der Waals surface area contributed by atoms with Gasteiger partial charge in [0.2, 0.25) is 0 Å². The number of aromatic nitrogens is 1. The van der Waals surface area contributed by atoms with Crippen molar-refractivity contribution >= 4 is 28.5 Å². The summed E-state index contributed by atoms with van der Waals surface area (Å²) in [6.45, 7) is 4.02. The maximum Gasteiger partial charge on any atom is 0.341 e. The van der Waals surface area contributed by atoms with Gasteiger partial charge in [0, 0.05) is 17.2 Å². The summed E-state index contributed by atoms with van der Waals surface area (Å²) in [4.78, 5) is 24.8. The van der Waals surface area contributed by atoms with Crippen molar-refractivity contribution in [3.8, 4) is 17.0 Å². The summed E-state index contributed by atoms with van der Waals surface area (Å²) in [5.41, 5.74) is 1.96. The molecule has 2 aliphatic rings. The Labute approximate surface area is 165 Å². The highest BCUT2D eigenvalue weighted by atomic mass is 35.5. The molecule has 1 aliphatic heterocycles. The fraction of sp³-hybridized carbons (Fsp3) is 0.333. The Kier molecular flexibility index (Phi) is 3.65. The molecule has 3 aromatic rings. The molecule has 5 rings (SSSR count). The lowest BCUT2D eigenvalue weighted by Gasteiger charge is -2.33. The minimum Gasteiger partial charge on any atom is -0.484 e. The van der Waals surface area contributed by atoms with Gasteiger partial charge in [0.05, 0.1) is 22.4 Å². The van der Waals surface area contributed by atoms with Gasteiger partial charge in [-0.25, -0.2) is 4.79 Å². The van der Waals surface area contributed by atoms with E-state index in [4.69, 9.17) is 20.8 Å². The maximum atomic E-state index is 13.0. The number of aromatic carboxylic acids is 1. The Hall–Kier alpha value is -2.73. The Morgan fingerprint density at radius 1 is 1.32 bits per heavy atom. The average Bonchev–Trinajstić information content (AvgIpc) is 3.35. The Morgan fingerprint density at radius 2 is 2.07 bits per heavy atom. The molecule has 144 valence electrons. The number of furan rings is 1. The van der Waals surface area contributed by atoms with E-state index in [2.05, 4.69) is 0 Å². The van der Waals surface area contributed by atoms with Gasteiger partial charge < -0.3 is 18.8 Å². The van der Waals surface area contributed by atoms with Crippen LogP contribution in [0.3, 0.4) is 0 Å². The van der Waals surface area contributed by atoms with Crippen molar-refractivity contribution in [1.82, 2.24) is 4.57 Å². The van der Waals surface area contributed by atoms with Gasteiger partial charge in [-0.05, 0) is 37.0 Å². The van der Waals surface area contributed by atoms with Crippen molar-refractivity contribution in [2.45, 2.75) is 38.8 Å². The predicted octanol–water partition coefficient (Wildman–Crippen LogP) is 5.04. The number of benzene rings is 1. The van der Waals surface area contributed by atoms with Crippen LogP contribution in [0.1, 0.15) is 54.8 Å². The number of pyridine rings is 1. The maximum absolute atomic E-state index is 13.0. The number of fused-ring (bicyclic) bond motifs is 5. The molecule has 0 spiro atoms. The van der Waals surface area contributed by atoms with Crippen LogP contribution in [0.15, 0.2) is 33.7 Å². The van der Waals surface area contributed by atoms with Gasteiger partial charge in [0.15, 0.2) is 5.58 Å². The van der Waals surface area contributed by atoms with Gasteiger partial charge in [-0.1, -0.05) is 25.4 Å². The van der Waals surface area contributed by atoms with Crippen molar-refractivity contribution in [1.29, 1.82) is 0 Å². The third kappa shape index (κ3) is 2.34. The Balaban J connectivity index is 1.93. The summed E-state index contributed by atoms with van der Waals surface area (Å²) >= 11 is 6.44. The molecule has 0 bridgehead atoms. The Bertz CT molecular complexity index is 1200. The molecule has 2 aromatic heterocycles.